The lowest BCUT2D eigenvalue weighted by atomic mass is 9.73. The van der Waals surface area contributed by atoms with Crippen LogP contribution in [0.25, 0.3) is 0 Å². The van der Waals surface area contributed by atoms with Crippen molar-refractivity contribution in [3.05, 3.63) is 41.8 Å². The van der Waals surface area contributed by atoms with Crippen molar-refractivity contribution in [1.29, 1.82) is 0 Å². The Morgan fingerprint density at radius 2 is 2.03 bits per heavy atom. The highest BCUT2D eigenvalue weighted by molar-refractivity contribution is 5.87. The molecule has 0 bridgehead atoms. The molecule has 1 atom stereocenters. The second kappa shape index (κ2) is 6.75. The maximum atomic E-state index is 13.6. The van der Waals surface area contributed by atoms with Gasteiger partial charge >= 0.3 is 6.09 Å². The first-order valence-corrected chi connectivity index (χ1v) is 9.86. The molecule has 0 radical (unpaired) electrons. The second-order valence-corrected chi connectivity index (χ2v) is 8.09. The number of nitrogens with zero attached hydrogens (tertiary/aromatic N) is 5. The Kier molecular flexibility index (Phi) is 4.18. The van der Waals surface area contributed by atoms with E-state index < -0.39 is 5.41 Å². The Hall–Kier alpha value is -3.10. The summed E-state index contributed by atoms with van der Waals surface area (Å²) < 4.78 is 10.2. The summed E-state index contributed by atoms with van der Waals surface area (Å²) in [6, 6.07) is 10.0. The van der Waals surface area contributed by atoms with Crippen LogP contribution in [-0.4, -0.2) is 77.3 Å². The van der Waals surface area contributed by atoms with Gasteiger partial charge in [0.05, 0.1) is 11.5 Å². The van der Waals surface area contributed by atoms with Gasteiger partial charge in [-0.3, -0.25) is 9.69 Å². The first-order chi connectivity index (χ1) is 14.0. The van der Waals surface area contributed by atoms with E-state index >= 15 is 0 Å². The molecule has 0 saturated carbocycles. The molecule has 3 aliphatic heterocycles. The second-order valence-electron chi connectivity index (χ2n) is 8.09. The predicted molar refractivity (Wildman–Crippen MR) is 102 cm³/mol. The Balaban J connectivity index is 1.36. The number of amides is 2. The number of piperazine rings is 1. The molecule has 0 aliphatic carbocycles. The Labute approximate surface area is 168 Å². The smallest absolute Gasteiger partial charge is 0.410 e. The molecule has 4 heterocycles. The first kappa shape index (κ1) is 18.0. The number of fused-ring (bicyclic) bond motifs is 1. The van der Waals surface area contributed by atoms with E-state index in [4.69, 9.17) is 9.26 Å². The van der Waals surface area contributed by atoms with Crippen LogP contribution in [0.1, 0.15) is 11.5 Å². The van der Waals surface area contributed by atoms with Crippen molar-refractivity contribution in [2.75, 3.05) is 44.2 Å². The van der Waals surface area contributed by atoms with Crippen molar-refractivity contribution in [3.63, 3.8) is 0 Å². The first-order valence-electron chi connectivity index (χ1n) is 9.86. The minimum absolute atomic E-state index is 0.0509. The molecule has 0 N–H and O–H groups in total. The van der Waals surface area contributed by atoms with Crippen molar-refractivity contribution in [1.82, 2.24) is 19.9 Å². The quantitative estimate of drug-likeness (QED) is 0.763. The molecular weight excluding hydrogens is 374 g/mol. The van der Waals surface area contributed by atoms with Crippen molar-refractivity contribution in [2.24, 2.45) is 5.41 Å². The molecular formula is C20H23N5O4. The summed E-state index contributed by atoms with van der Waals surface area (Å²) >= 11 is 0. The van der Waals surface area contributed by atoms with Gasteiger partial charge in [0.2, 0.25) is 11.8 Å². The van der Waals surface area contributed by atoms with Gasteiger partial charge in [-0.1, -0.05) is 30.3 Å². The normalized spacial score (nSPS) is 22.9. The average molecular weight is 397 g/mol. The molecule has 29 heavy (non-hydrogen) atoms. The van der Waals surface area contributed by atoms with Crippen LogP contribution in [0, 0.1) is 12.3 Å². The third-order valence-electron chi connectivity index (χ3n) is 6.03. The number of ether oxygens (including phenoxy) is 1. The monoisotopic (exact) mass is 397 g/mol. The number of rotatable bonds is 4. The highest BCUT2D eigenvalue weighted by Crippen LogP contribution is 2.39. The maximum absolute atomic E-state index is 13.6. The minimum Gasteiger partial charge on any atom is -0.447 e. The average Bonchev–Trinajstić information content (AvgIpc) is 3.30. The molecule has 2 aromatic rings. The zero-order valence-electron chi connectivity index (χ0n) is 16.3. The summed E-state index contributed by atoms with van der Waals surface area (Å²) in [5, 5.41) is 3.99. The summed E-state index contributed by atoms with van der Waals surface area (Å²) in [6.45, 7) is 4.75. The van der Waals surface area contributed by atoms with E-state index in [1.54, 1.807) is 11.8 Å². The fourth-order valence-corrected chi connectivity index (χ4v) is 4.56. The number of carbonyl (C=O) groups excluding carboxylic acids is 2. The van der Waals surface area contributed by atoms with Crippen LogP contribution in [-0.2, 0) is 16.0 Å². The lowest BCUT2D eigenvalue weighted by Crippen LogP contribution is -2.67. The number of aryl methyl sites for hydroxylation is 1. The zero-order chi connectivity index (χ0) is 20.0. The van der Waals surface area contributed by atoms with Gasteiger partial charge in [0, 0.05) is 39.6 Å². The number of hydrogen-bond acceptors (Lipinski definition) is 7. The van der Waals surface area contributed by atoms with Crippen LogP contribution in [0.2, 0.25) is 0 Å². The molecule has 2 amide bonds. The number of aromatic nitrogens is 2. The molecule has 1 aromatic carbocycles. The fraction of sp³-hybridized carbons (Fsp3) is 0.500. The van der Waals surface area contributed by atoms with E-state index in [1.807, 2.05) is 28.0 Å². The van der Waals surface area contributed by atoms with Crippen LogP contribution >= 0.6 is 0 Å². The van der Waals surface area contributed by atoms with E-state index in [2.05, 4.69) is 22.3 Å². The topological polar surface area (TPSA) is 92.0 Å². The molecule has 152 valence electrons. The van der Waals surface area contributed by atoms with Gasteiger partial charge in [-0.15, -0.1) is 0 Å². The van der Waals surface area contributed by atoms with Crippen LogP contribution in [0.15, 0.2) is 34.9 Å². The zero-order valence-corrected chi connectivity index (χ0v) is 16.3. The fourth-order valence-electron chi connectivity index (χ4n) is 4.56. The number of carbonyl (C=O) groups is 2. The minimum atomic E-state index is -0.540. The summed E-state index contributed by atoms with van der Waals surface area (Å²) in [5.41, 5.74) is 0.587. The van der Waals surface area contributed by atoms with Gasteiger partial charge in [-0.25, -0.2) is 4.79 Å². The van der Waals surface area contributed by atoms with Gasteiger partial charge in [0.15, 0.2) is 0 Å². The van der Waals surface area contributed by atoms with Crippen molar-refractivity contribution >= 4 is 17.9 Å². The van der Waals surface area contributed by atoms with Crippen LogP contribution in [0.5, 0.6) is 0 Å². The van der Waals surface area contributed by atoms with Gasteiger partial charge in [0.1, 0.15) is 6.61 Å². The molecule has 9 nitrogen and oxygen atoms in total. The molecule has 9 heteroatoms. The van der Waals surface area contributed by atoms with E-state index in [0.29, 0.717) is 57.6 Å². The number of cyclic esters (lactones) is 1. The molecule has 1 aromatic heterocycles. The van der Waals surface area contributed by atoms with E-state index in [9.17, 15) is 9.59 Å². The van der Waals surface area contributed by atoms with E-state index in [-0.39, 0.29) is 18.0 Å². The maximum Gasteiger partial charge on any atom is 0.410 e. The molecule has 1 unspecified atom stereocenters. The van der Waals surface area contributed by atoms with Gasteiger partial charge < -0.3 is 19.1 Å². The van der Waals surface area contributed by atoms with Crippen LogP contribution in [0.3, 0.4) is 0 Å². The van der Waals surface area contributed by atoms with E-state index in [1.165, 1.54) is 0 Å². The number of benzene rings is 1. The number of anilines is 1. The van der Waals surface area contributed by atoms with Crippen LogP contribution < -0.4 is 4.90 Å². The largest absolute Gasteiger partial charge is 0.447 e. The summed E-state index contributed by atoms with van der Waals surface area (Å²) in [7, 11) is 0. The van der Waals surface area contributed by atoms with Crippen LogP contribution in [0.4, 0.5) is 10.7 Å². The molecule has 3 aliphatic rings. The highest BCUT2D eigenvalue weighted by atomic mass is 16.6. The highest BCUT2D eigenvalue weighted by Gasteiger charge is 2.53. The summed E-state index contributed by atoms with van der Waals surface area (Å²) in [5.74, 6) is 1.16. The standard InChI is InChI=1S/C20H23N5O4/c1-14-21-18(22-29-14)24-12-20(13-24,9-15-5-3-2-4-6-15)17(26)23-7-8-25-16(10-23)11-28-19(25)27/h2-6,16H,7-13H2,1H3. The Morgan fingerprint density at radius 3 is 2.76 bits per heavy atom. The van der Waals surface area contributed by atoms with Gasteiger partial charge in [0.25, 0.3) is 5.95 Å². The predicted octanol–water partition coefficient (Wildman–Crippen LogP) is 1.09. The Morgan fingerprint density at radius 1 is 1.24 bits per heavy atom. The third kappa shape index (κ3) is 3.10. The molecule has 3 fully saturated rings. The Bertz CT molecular complexity index is 924. The number of hydrogen-bond donors (Lipinski definition) is 0. The summed E-state index contributed by atoms with van der Waals surface area (Å²) in [6.07, 6.45) is 0.378. The van der Waals surface area contributed by atoms with E-state index in [0.717, 1.165) is 5.56 Å². The van der Waals surface area contributed by atoms with Gasteiger partial charge in [-0.05, 0) is 17.1 Å². The van der Waals surface area contributed by atoms with Gasteiger partial charge in [-0.2, -0.15) is 4.98 Å². The third-order valence-corrected chi connectivity index (χ3v) is 6.03. The molecule has 5 rings (SSSR count). The lowest BCUT2D eigenvalue weighted by molar-refractivity contribution is -0.146. The van der Waals surface area contributed by atoms with Crippen molar-refractivity contribution < 1.29 is 18.8 Å². The molecule has 3 saturated heterocycles. The lowest BCUT2D eigenvalue weighted by Gasteiger charge is -2.51. The van der Waals surface area contributed by atoms with Crippen molar-refractivity contribution in [3.8, 4) is 0 Å². The molecule has 0 spiro atoms. The summed E-state index contributed by atoms with van der Waals surface area (Å²) in [4.78, 5) is 35.3. The SMILES string of the molecule is Cc1nc(N2CC(Cc3ccccc3)(C(=O)N3CCN4C(=O)OCC4C3)C2)no1. The van der Waals surface area contributed by atoms with Crippen molar-refractivity contribution in [2.45, 2.75) is 19.4 Å².